The Kier molecular flexibility index (Phi) is 7.01. The number of nitrogens with one attached hydrogen (secondary N) is 1. The molecule has 0 fully saturated rings. The topological polar surface area (TPSA) is 64.6 Å². The van der Waals surface area contributed by atoms with Crippen LogP contribution in [0.2, 0.25) is 0 Å². The molecule has 0 aliphatic heterocycles. The summed E-state index contributed by atoms with van der Waals surface area (Å²) in [6, 6.07) is 8.53. The van der Waals surface area contributed by atoms with E-state index in [4.69, 9.17) is 9.47 Å². The second-order valence-corrected chi connectivity index (χ2v) is 4.67. The van der Waals surface area contributed by atoms with E-state index in [1.807, 2.05) is 30.3 Å². The third-order valence-corrected chi connectivity index (χ3v) is 2.63. The van der Waals surface area contributed by atoms with Gasteiger partial charge in [-0.1, -0.05) is 35.9 Å². The van der Waals surface area contributed by atoms with E-state index in [9.17, 15) is 9.59 Å². The van der Waals surface area contributed by atoms with Crippen molar-refractivity contribution in [2.75, 3.05) is 6.61 Å². The predicted molar refractivity (Wildman–Crippen MR) is 79.6 cm³/mol. The molecule has 0 heterocycles. The maximum Gasteiger partial charge on any atom is 0.408 e. The molecule has 1 aromatic rings. The first-order valence-electron chi connectivity index (χ1n) is 6.81. The summed E-state index contributed by atoms with van der Waals surface area (Å²) in [5.41, 5.74) is 1.65. The maximum atomic E-state index is 11.8. The Morgan fingerprint density at radius 2 is 1.90 bits per heavy atom. The minimum atomic E-state index is -0.772. The highest BCUT2D eigenvalue weighted by Crippen LogP contribution is 2.06. The van der Waals surface area contributed by atoms with Crippen LogP contribution in [0.15, 0.2) is 42.5 Å². The molecule has 0 aliphatic rings. The van der Waals surface area contributed by atoms with Crippen LogP contribution in [0.3, 0.4) is 0 Å². The van der Waals surface area contributed by atoms with Crippen LogP contribution in [0.1, 0.15) is 25.8 Å². The SMILES string of the molecule is C=C(C)C[C@@H](NC(=O)OCc1ccccc1)C(=O)OCC. The van der Waals surface area contributed by atoms with Gasteiger partial charge in [0.1, 0.15) is 12.6 Å². The summed E-state index contributed by atoms with van der Waals surface area (Å²) in [5, 5.41) is 2.51. The van der Waals surface area contributed by atoms with Crippen molar-refractivity contribution in [2.24, 2.45) is 0 Å². The molecule has 0 saturated carbocycles. The van der Waals surface area contributed by atoms with Crippen molar-refractivity contribution in [2.45, 2.75) is 32.9 Å². The fourth-order valence-corrected chi connectivity index (χ4v) is 1.69. The number of ether oxygens (including phenoxy) is 2. The van der Waals surface area contributed by atoms with Crippen LogP contribution in [0.5, 0.6) is 0 Å². The lowest BCUT2D eigenvalue weighted by atomic mass is 10.1. The van der Waals surface area contributed by atoms with Crippen molar-refractivity contribution in [1.29, 1.82) is 0 Å². The van der Waals surface area contributed by atoms with E-state index >= 15 is 0 Å². The summed E-state index contributed by atoms with van der Waals surface area (Å²) in [5.74, 6) is -0.489. The van der Waals surface area contributed by atoms with Crippen molar-refractivity contribution in [3.63, 3.8) is 0 Å². The van der Waals surface area contributed by atoms with Crippen LogP contribution in [-0.4, -0.2) is 24.7 Å². The zero-order valence-electron chi connectivity index (χ0n) is 12.4. The van der Waals surface area contributed by atoms with Crippen molar-refractivity contribution < 1.29 is 19.1 Å². The van der Waals surface area contributed by atoms with Gasteiger partial charge in [-0.2, -0.15) is 0 Å². The van der Waals surface area contributed by atoms with Gasteiger partial charge in [-0.25, -0.2) is 9.59 Å². The van der Waals surface area contributed by atoms with Crippen molar-refractivity contribution in [1.82, 2.24) is 5.32 Å². The quantitative estimate of drug-likeness (QED) is 0.619. The van der Waals surface area contributed by atoms with Crippen molar-refractivity contribution in [3.8, 4) is 0 Å². The van der Waals surface area contributed by atoms with Gasteiger partial charge in [0.25, 0.3) is 0 Å². The lowest BCUT2D eigenvalue weighted by molar-refractivity contribution is -0.145. The molecule has 0 aliphatic carbocycles. The zero-order chi connectivity index (χ0) is 15.7. The first kappa shape index (κ1) is 16.8. The molecule has 0 aromatic heterocycles. The minimum Gasteiger partial charge on any atom is -0.464 e. The molecule has 1 N–H and O–H groups in total. The predicted octanol–water partition coefficient (Wildman–Crippen LogP) is 2.81. The van der Waals surface area contributed by atoms with Crippen LogP contribution in [0, 0.1) is 0 Å². The monoisotopic (exact) mass is 291 g/mol. The molecule has 1 rings (SSSR count). The minimum absolute atomic E-state index is 0.148. The number of alkyl carbamates (subject to hydrolysis) is 1. The number of esters is 1. The third-order valence-electron chi connectivity index (χ3n) is 2.63. The van der Waals surface area contributed by atoms with Gasteiger partial charge in [-0.3, -0.25) is 0 Å². The van der Waals surface area contributed by atoms with Crippen LogP contribution in [-0.2, 0) is 20.9 Å². The second-order valence-electron chi connectivity index (χ2n) is 4.67. The summed E-state index contributed by atoms with van der Waals surface area (Å²) in [6.07, 6.45) is -0.336. The Morgan fingerprint density at radius 1 is 1.24 bits per heavy atom. The van der Waals surface area contributed by atoms with E-state index in [1.165, 1.54) is 0 Å². The van der Waals surface area contributed by atoms with E-state index in [-0.39, 0.29) is 13.2 Å². The maximum absolute atomic E-state index is 11.8. The molecule has 114 valence electrons. The molecule has 0 radical (unpaired) electrons. The van der Waals surface area contributed by atoms with Crippen LogP contribution in [0.25, 0.3) is 0 Å². The molecule has 0 unspecified atom stereocenters. The Hall–Kier alpha value is -2.30. The molecule has 0 spiro atoms. The number of hydrogen-bond donors (Lipinski definition) is 1. The van der Waals surface area contributed by atoms with Crippen LogP contribution in [0.4, 0.5) is 4.79 Å². The number of amides is 1. The Morgan fingerprint density at radius 3 is 2.48 bits per heavy atom. The largest absolute Gasteiger partial charge is 0.464 e. The van der Waals surface area contributed by atoms with Gasteiger partial charge < -0.3 is 14.8 Å². The van der Waals surface area contributed by atoms with Gasteiger partial charge in [0.15, 0.2) is 0 Å². The Labute approximate surface area is 124 Å². The zero-order valence-corrected chi connectivity index (χ0v) is 12.4. The highest BCUT2D eigenvalue weighted by atomic mass is 16.6. The Balaban J connectivity index is 2.51. The van der Waals surface area contributed by atoms with Gasteiger partial charge in [-0.15, -0.1) is 6.58 Å². The summed E-state index contributed by atoms with van der Waals surface area (Å²) >= 11 is 0. The fraction of sp³-hybridized carbons (Fsp3) is 0.375. The van der Waals surface area contributed by atoms with Crippen molar-refractivity contribution in [3.05, 3.63) is 48.0 Å². The molecular formula is C16H21NO4. The van der Waals surface area contributed by atoms with E-state index in [0.29, 0.717) is 6.42 Å². The second kappa shape index (κ2) is 8.79. The molecule has 5 nitrogen and oxygen atoms in total. The molecule has 0 bridgehead atoms. The highest BCUT2D eigenvalue weighted by molar-refractivity contribution is 5.81. The van der Waals surface area contributed by atoms with Gasteiger partial charge in [0, 0.05) is 0 Å². The molecular weight excluding hydrogens is 270 g/mol. The molecule has 21 heavy (non-hydrogen) atoms. The smallest absolute Gasteiger partial charge is 0.408 e. The lowest BCUT2D eigenvalue weighted by Crippen LogP contribution is -2.42. The lowest BCUT2D eigenvalue weighted by Gasteiger charge is -2.17. The van der Waals surface area contributed by atoms with E-state index in [2.05, 4.69) is 11.9 Å². The standard InChI is InChI=1S/C16H21NO4/c1-4-20-15(18)14(10-12(2)3)17-16(19)21-11-13-8-6-5-7-9-13/h5-9,14H,2,4,10-11H2,1,3H3,(H,17,19)/t14-/m1/s1. The normalized spacial score (nSPS) is 11.3. The van der Waals surface area contributed by atoms with Crippen LogP contribution < -0.4 is 5.32 Å². The average molecular weight is 291 g/mol. The number of rotatable bonds is 7. The summed E-state index contributed by atoms with van der Waals surface area (Å²) in [7, 11) is 0. The average Bonchev–Trinajstić information content (AvgIpc) is 2.45. The first-order chi connectivity index (χ1) is 10.0. The molecule has 1 atom stereocenters. The van der Waals surface area contributed by atoms with Gasteiger partial charge in [0.2, 0.25) is 0 Å². The van der Waals surface area contributed by atoms with Gasteiger partial charge in [0.05, 0.1) is 6.61 Å². The number of carbonyl (C=O) groups is 2. The first-order valence-corrected chi connectivity index (χ1v) is 6.81. The molecule has 5 heteroatoms. The van der Waals surface area contributed by atoms with Gasteiger partial charge in [-0.05, 0) is 25.8 Å². The van der Waals surface area contributed by atoms with Gasteiger partial charge >= 0.3 is 12.1 Å². The van der Waals surface area contributed by atoms with Crippen molar-refractivity contribution >= 4 is 12.1 Å². The summed E-state index contributed by atoms with van der Waals surface area (Å²) in [6.45, 7) is 7.64. The summed E-state index contributed by atoms with van der Waals surface area (Å²) in [4.78, 5) is 23.5. The Bertz CT molecular complexity index is 484. The number of hydrogen-bond acceptors (Lipinski definition) is 4. The molecule has 1 amide bonds. The summed E-state index contributed by atoms with van der Waals surface area (Å²) < 4.78 is 10.00. The third kappa shape index (κ3) is 6.61. The highest BCUT2D eigenvalue weighted by Gasteiger charge is 2.22. The fourth-order valence-electron chi connectivity index (χ4n) is 1.69. The molecule has 0 saturated heterocycles. The van der Waals surface area contributed by atoms with E-state index in [0.717, 1.165) is 11.1 Å². The number of carbonyl (C=O) groups excluding carboxylic acids is 2. The number of benzene rings is 1. The molecule has 1 aromatic carbocycles. The van der Waals surface area contributed by atoms with E-state index in [1.54, 1.807) is 13.8 Å². The van der Waals surface area contributed by atoms with Crippen LogP contribution >= 0.6 is 0 Å². The van der Waals surface area contributed by atoms with E-state index < -0.39 is 18.1 Å².